The summed E-state index contributed by atoms with van der Waals surface area (Å²) < 4.78 is 0. The SMILES string of the molecule is c1ccc2c(c1)CNCC2CN1CCN2CCCC2C1. The molecule has 0 aliphatic carbocycles. The van der Waals surface area contributed by atoms with Crippen LogP contribution in [0, 0.1) is 0 Å². The van der Waals surface area contributed by atoms with Crippen LogP contribution in [0.3, 0.4) is 0 Å². The van der Waals surface area contributed by atoms with Gasteiger partial charge in [-0.15, -0.1) is 0 Å². The van der Waals surface area contributed by atoms with Gasteiger partial charge >= 0.3 is 0 Å². The van der Waals surface area contributed by atoms with E-state index in [1.165, 1.54) is 51.1 Å². The lowest BCUT2D eigenvalue weighted by Crippen LogP contribution is -2.51. The fourth-order valence-corrected chi connectivity index (χ4v) is 4.28. The van der Waals surface area contributed by atoms with Crippen LogP contribution in [0.4, 0.5) is 0 Å². The summed E-state index contributed by atoms with van der Waals surface area (Å²) >= 11 is 0. The third-order valence-corrected chi connectivity index (χ3v) is 5.35. The summed E-state index contributed by atoms with van der Waals surface area (Å²) in [7, 11) is 0. The predicted molar refractivity (Wildman–Crippen MR) is 81.9 cm³/mol. The minimum Gasteiger partial charge on any atom is -0.312 e. The standard InChI is InChI=1S/C17H25N3/c1-2-6-17-14(4-1)10-18-11-15(17)12-19-8-9-20-7-3-5-16(20)13-19/h1-2,4,6,15-16,18H,3,5,7-13H2. The van der Waals surface area contributed by atoms with Crippen molar-refractivity contribution in [2.24, 2.45) is 0 Å². The van der Waals surface area contributed by atoms with E-state index < -0.39 is 0 Å². The summed E-state index contributed by atoms with van der Waals surface area (Å²) in [5.74, 6) is 0.674. The Labute approximate surface area is 121 Å². The second kappa shape index (κ2) is 5.47. The fourth-order valence-electron chi connectivity index (χ4n) is 4.28. The fraction of sp³-hybridized carbons (Fsp3) is 0.647. The van der Waals surface area contributed by atoms with Crippen molar-refractivity contribution in [3.8, 4) is 0 Å². The molecule has 0 amide bonds. The highest BCUT2D eigenvalue weighted by molar-refractivity contribution is 5.33. The number of rotatable bonds is 2. The normalized spacial score (nSPS) is 31.0. The number of fused-ring (bicyclic) bond motifs is 2. The number of nitrogens with zero attached hydrogens (tertiary/aromatic N) is 2. The minimum atomic E-state index is 0.674. The Morgan fingerprint density at radius 1 is 1.15 bits per heavy atom. The molecule has 1 aromatic rings. The van der Waals surface area contributed by atoms with Gasteiger partial charge in [-0.3, -0.25) is 9.80 Å². The molecule has 2 unspecified atom stereocenters. The van der Waals surface area contributed by atoms with Crippen LogP contribution < -0.4 is 5.32 Å². The van der Waals surface area contributed by atoms with Crippen molar-refractivity contribution >= 4 is 0 Å². The quantitative estimate of drug-likeness (QED) is 0.882. The number of hydrogen-bond acceptors (Lipinski definition) is 3. The summed E-state index contributed by atoms with van der Waals surface area (Å²) in [5.41, 5.74) is 3.09. The van der Waals surface area contributed by atoms with Crippen LogP contribution in [-0.4, -0.2) is 55.1 Å². The molecule has 0 spiro atoms. The van der Waals surface area contributed by atoms with E-state index in [4.69, 9.17) is 0 Å². The second-order valence-electron chi connectivity index (χ2n) is 6.62. The van der Waals surface area contributed by atoms with Gasteiger partial charge in [-0.1, -0.05) is 24.3 Å². The van der Waals surface area contributed by atoms with E-state index in [2.05, 4.69) is 39.4 Å². The van der Waals surface area contributed by atoms with E-state index in [9.17, 15) is 0 Å². The molecule has 3 heterocycles. The molecule has 3 aliphatic heterocycles. The van der Waals surface area contributed by atoms with Gasteiger partial charge in [0.05, 0.1) is 0 Å². The Morgan fingerprint density at radius 3 is 3.10 bits per heavy atom. The van der Waals surface area contributed by atoms with Crippen molar-refractivity contribution in [1.82, 2.24) is 15.1 Å². The largest absolute Gasteiger partial charge is 0.312 e. The van der Waals surface area contributed by atoms with Crippen molar-refractivity contribution in [2.45, 2.75) is 31.3 Å². The zero-order valence-corrected chi connectivity index (χ0v) is 12.2. The molecule has 0 bridgehead atoms. The minimum absolute atomic E-state index is 0.674. The molecule has 3 aliphatic rings. The molecule has 0 saturated carbocycles. The van der Waals surface area contributed by atoms with Crippen molar-refractivity contribution in [1.29, 1.82) is 0 Å². The predicted octanol–water partition coefficient (Wildman–Crippen LogP) is 1.65. The van der Waals surface area contributed by atoms with Crippen molar-refractivity contribution in [3.63, 3.8) is 0 Å². The molecule has 3 heteroatoms. The first kappa shape index (κ1) is 12.8. The third kappa shape index (κ3) is 2.39. The molecular formula is C17H25N3. The van der Waals surface area contributed by atoms with Crippen molar-refractivity contribution in [3.05, 3.63) is 35.4 Å². The Balaban J connectivity index is 1.45. The van der Waals surface area contributed by atoms with E-state index in [1.54, 1.807) is 5.56 Å². The summed E-state index contributed by atoms with van der Waals surface area (Å²) in [6.07, 6.45) is 2.82. The van der Waals surface area contributed by atoms with Gasteiger partial charge in [0.1, 0.15) is 0 Å². The summed E-state index contributed by atoms with van der Waals surface area (Å²) in [6, 6.07) is 9.83. The van der Waals surface area contributed by atoms with E-state index in [0.717, 1.165) is 19.1 Å². The molecule has 2 atom stereocenters. The molecule has 1 N–H and O–H groups in total. The molecule has 0 radical (unpaired) electrons. The topological polar surface area (TPSA) is 18.5 Å². The van der Waals surface area contributed by atoms with Gasteiger partial charge in [-0.05, 0) is 30.5 Å². The first-order valence-corrected chi connectivity index (χ1v) is 8.15. The average Bonchev–Trinajstić information content (AvgIpc) is 2.95. The zero-order chi connectivity index (χ0) is 13.4. The lowest BCUT2D eigenvalue weighted by Gasteiger charge is -2.40. The highest BCUT2D eigenvalue weighted by atomic mass is 15.3. The summed E-state index contributed by atoms with van der Waals surface area (Å²) in [4.78, 5) is 5.41. The molecule has 1 aromatic carbocycles. The van der Waals surface area contributed by atoms with Crippen molar-refractivity contribution in [2.75, 3.05) is 39.3 Å². The third-order valence-electron chi connectivity index (χ3n) is 5.35. The van der Waals surface area contributed by atoms with Crippen LogP contribution in [0.2, 0.25) is 0 Å². The van der Waals surface area contributed by atoms with Gasteiger partial charge in [-0.25, -0.2) is 0 Å². The van der Waals surface area contributed by atoms with Gasteiger partial charge in [0.25, 0.3) is 0 Å². The number of piperazine rings is 1. The molecular weight excluding hydrogens is 246 g/mol. The molecule has 2 saturated heterocycles. The van der Waals surface area contributed by atoms with Crippen LogP contribution in [0.1, 0.15) is 29.9 Å². The maximum absolute atomic E-state index is 3.59. The van der Waals surface area contributed by atoms with E-state index in [1.807, 2.05) is 0 Å². The van der Waals surface area contributed by atoms with Crippen molar-refractivity contribution < 1.29 is 0 Å². The Morgan fingerprint density at radius 2 is 2.10 bits per heavy atom. The monoisotopic (exact) mass is 271 g/mol. The lowest BCUT2D eigenvalue weighted by molar-refractivity contribution is 0.0986. The maximum Gasteiger partial charge on any atom is 0.0224 e. The number of nitrogens with one attached hydrogen (secondary N) is 1. The molecule has 4 rings (SSSR count). The van der Waals surface area contributed by atoms with Gasteiger partial charge in [0, 0.05) is 51.2 Å². The van der Waals surface area contributed by atoms with E-state index in [0.29, 0.717) is 5.92 Å². The van der Waals surface area contributed by atoms with Gasteiger partial charge in [0.15, 0.2) is 0 Å². The molecule has 3 nitrogen and oxygen atoms in total. The molecule has 2 fully saturated rings. The highest BCUT2D eigenvalue weighted by Crippen LogP contribution is 2.27. The van der Waals surface area contributed by atoms with E-state index >= 15 is 0 Å². The maximum atomic E-state index is 3.59. The lowest BCUT2D eigenvalue weighted by atomic mass is 9.90. The Hall–Kier alpha value is -0.900. The smallest absolute Gasteiger partial charge is 0.0224 e. The molecule has 108 valence electrons. The van der Waals surface area contributed by atoms with Gasteiger partial charge in [-0.2, -0.15) is 0 Å². The Bertz CT molecular complexity index is 473. The summed E-state index contributed by atoms with van der Waals surface area (Å²) in [5, 5.41) is 3.59. The van der Waals surface area contributed by atoms with Crippen LogP contribution in [0.25, 0.3) is 0 Å². The zero-order valence-electron chi connectivity index (χ0n) is 12.2. The number of hydrogen-bond donors (Lipinski definition) is 1. The molecule has 0 aromatic heterocycles. The average molecular weight is 271 g/mol. The van der Waals surface area contributed by atoms with E-state index in [-0.39, 0.29) is 0 Å². The second-order valence-corrected chi connectivity index (χ2v) is 6.62. The van der Waals surface area contributed by atoms with Crippen LogP contribution in [-0.2, 0) is 6.54 Å². The number of benzene rings is 1. The van der Waals surface area contributed by atoms with Crippen LogP contribution >= 0.6 is 0 Å². The summed E-state index contributed by atoms with van der Waals surface area (Å²) in [6.45, 7) is 8.59. The van der Waals surface area contributed by atoms with Gasteiger partial charge < -0.3 is 5.32 Å². The Kier molecular flexibility index (Phi) is 3.51. The van der Waals surface area contributed by atoms with Crippen LogP contribution in [0.15, 0.2) is 24.3 Å². The van der Waals surface area contributed by atoms with Crippen LogP contribution in [0.5, 0.6) is 0 Å². The first-order chi connectivity index (χ1) is 9.90. The first-order valence-electron chi connectivity index (χ1n) is 8.15. The van der Waals surface area contributed by atoms with Gasteiger partial charge in [0.2, 0.25) is 0 Å². The molecule has 20 heavy (non-hydrogen) atoms. The highest BCUT2D eigenvalue weighted by Gasteiger charge is 2.32.